The maximum atomic E-state index is 12.5. The lowest BCUT2D eigenvalue weighted by Crippen LogP contribution is -2.27. The summed E-state index contributed by atoms with van der Waals surface area (Å²) in [5.74, 6) is -0.713. The van der Waals surface area contributed by atoms with Crippen molar-refractivity contribution in [1.82, 2.24) is 9.88 Å². The fraction of sp³-hybridized carbons (Fsp3) is 0.200. The number of hydrogen-bond donors (Lipinski definition) is 0. The first kappa shape index (κ1) is 19.9. The van der Waals surface area contributed by atoms with E-state index in [0.29, 0.717) is 0 Å². The van der Waals surface area contributed by atoms with Crippen LogP contribution >= 0.6 is 11.3 Å². The molecule has 8 heteroatoms. The standard InChI is InChI=1S/C20H17F3N2O2S/c1-13(19-24-15-8-4-6-10-17(15)28-19)25(2)18(26)12-11-14-7-3-5-9-16(14)27-20(21,22)23/h3-13H,1-2H3/b12-11+. The molecule has 0 N–H and O–H groups in total. The molecule has 0 radical (unpaired) electrons. The minimum Gasteiger partial charge on any atom is -0.405 e. The smallest absolute Gasteiger partial charge is 0.405 e. The Morgan fingerprint density at radius 1 is 1.18 bits per heavy atom. The number of carbonyl (C=O) groups is 1. The first-order valence-corrected chi connectivity index (χ1v) is 9.21. The van der Waals surface area contributed by atoms with Gasteiger partial charge in [0.25, 0.3) is 0 Å². The summed E-state index contributed by atoms with van der Waals surface area (Å²) in [5, 5.41) is 0.784. The van der Waals surface area contributed by atoms with E-state index < -0.39 is 6.36 Å². The summed E-state index contributed by atoms with van der Waals surface area (Å²) in [6, 6.07) is 13.1. The number of likely N-dealkylation sites (N-methyl/N-ethyl adjacent to an activating group) is 1. The van der Waals surface area contributed by atoms with Crippen molar-refractivity contribution in [2.75, 3.05) is 7.05 Å². The fourth-order valence-corrected chi connectivity index (χ4v) is 3.60. The zero-order chi connectivity index (χ0) is 20.3. The van der Waals surface area contributed by atoms with E-state index in [1.165, 1.54) is 46.6 Å². The molecule has 0 saturated heterocycles. The van der Waals surface area contributed by atoms with Crippen LogP contribution in [0.1, 0.15) is 23.5 Å². The lowest BCUT2D eigenvalue weighted by molar-refractivity contribution is -0.274. The summed E-state index contributed by atoms with van der Waals surface area (Å²) in [6.45, 7) is 1.85. The van der Waals surface area contributed by atoms with Crippen LogP contribution in [0, 0.1) is 0 Å². The average molecular weight is 406 g/mol. The first-order valence-electron chi connectivity index (χ1n) is 8.40. The van der Waals surface area contributed by atoms with Crippen LogP contribution in [0.5, 0.6) is 5.75 Å². The highest BCUT2D eigenvalue weighted by Gasteiger charge is 2.31. The highest BCUT2D eigenvalue weighted by atomic mass is 32.1. The maximum Gasteiger partial charge on any atom is 0.573 e. The Balaban J connectivity index is 1.75. The van der Waals surface area contributed by atoms with Gasteiger partial charge in [-0.1, -0.05) is 30.3 Å². The van der Waals surface area contributed by atoms with E-state index in [9.17, 15) is 18.0 Å². The zero-order valence-corrected chi connectivity index (χ0v) is 15.9. The van der Waals surface area contributed by atoms with Gasteiger partial charge >= 0.3 is 6.36 Å². The number of hydrogen-bond acceptors (Lipinski definition) is 4. The van der Waals surface area contributed by atoms with Crippen molar-refractivity contribution in [2.24, 2.45) is 0 Å². The van der Waals surface area contributed by atoms with Gasteiger partial charge < -0.3 is 9.64 Å². The van der Waals surface area contributed by atoms with Crippen molar-refractivity contribution in [3.05, 3.63) is 65.2 Å². The number of alkyl halides is 3. The Labute approximate surface area is 163 Å². The first-order chi connectivity index (χ1) is 13.2. The van der Waals surface area contributed by atoms with Gasteiger partial charge in [0.15, 0.2) is 0 Å². The third kappa shape index (κ3) is 4.69. The molecule has 0 aliphatic rings. The van der Waals surface area contributed by atoms with E-state index >= 15 is 0 Å². The van der Waals surface area contributed by atoms with Gasteiger partial charge in [-0.15, -0.1) is 24.5 Å². The minimum atomic E-state index is -4.80. The van der Waals surface area contributed by atoms with Gasteiger partial charge in [-0.3, -0.25) is 4.79 Å². The predicted molar refractivity (Wildman–Crippen MR) is 103 cm³/mol. The lowest BCUT2D eigenvalue weighted by atomic mass is 10.2. The van der Waals surface area contributed by atoms with Crippen LogP contribution in [0.4, 0.5) is 13.2 Å². The molecule has 0 bridgehead atoms. The molecule has 4 nitrogen and oxygen atoms in total. The summed E-state index contributed by atoms with van der Waals surface area (Å²) in [4.78, 5) is 18.5. The quantitative estimate of drug-likeness (QED) is 0.531. The van der Waals surface area contributed by atoms with Crippen molar-refractivity contribution in [2.45, 2.75) is 19.3 Å². The van der Waals surface area contributed by atoms with Crippen molar-refractivity contribution in [3.8, 4) is 5.75 Å². The zero-order valence-electron chi connectivity index (χ0n) is 15.1. The number of carbonyl (C=O) groups excluding carboxylic acids is 1. The molecular weight excluding hydrogens is 389 g/mol. The molecule has 1 heterocycles. The topological polar surface area (TPSA) is 42.4 Å². The number of ether oxygens (including phenoxy) is 1. The third-order valence-electron chi connectivity index (χ3n) is 4.15. The Hall–Kier alpha value is -2.87. The van der Waals surface area contributed by atoms with Crippen LogP contribution in [0.2, 0.25) is 0 Å². The van der Waals surface area contributed by atoms with Crippen molar-refractivity contribution >= 4 is 33.5 Å². The molecule has 0 aliphatic carbocycles. The van der Waals surface area contributed by atoms with Crippen LogP contribution in [0.25, 0.3) is 16.3 Å². The van der Waals surface area contributed by atoms with E-state index in [1.54, 1.807) is 13.1 Å². The number of para-hydroxylation sites is 2. The van der Waals surface area contributed by atoms with Crippen LogP contribution < -0.4 is 4.74 Å². The summed E-state index contributed by atoms with van der Waals surface area (Å²) in [7, 11) is 1.63. The number of halogens is 3. The third-order valence-corrected chi connectivity index (χ3v) is 5.35. The molecule has 3 rings (SSSR count). The van der Waals surface area contributed by atoms with Gasteiger partial charge in [0.05, 0.1) is 16.3 Å². The van der Waals surface area contributed by atoms with E-state index in [0.717, 1.165) is 15.2 Å². The molecular formula is C20H17F3N2O2S. The van der Waals surface area contributed by atoms with Crippen LogP contribution in [0.15, 0.2) is 54.6 Å². The largest absolute Gasteiger partial charge is 0.573 e. The van der Waals surface area contributed by atoms with E-state index in [-0.39, 0.29) is 23.3 Å². The molecule has 1 aromatic heterocycles. The maximum absolute atomic E-state index is 12.5. The highest BCUT2D eigenvalue weighted by molar-refractivity contribution is 7.18. The number of thiazole rings is 1. The Morgan fingerprint density at radius 3 is 2.57 bits per heavy atom. The predicted octanol–water partition coefficient (Wildman–Crippen LogP) is 5.43. The van der Waals surface area contributed by atoms with E-state index in [4.69, 9.17) is 0 Å². The Bertz CT molecular complexity index is 981. The number of benzene rings is 2. The second kappa shape index (κ2) is 8.02. The molecule has 1 unspecified atom stereocenters. The monoisotopic (exact) mass is 406 g/mol. The number of rotatable bonds is 5. The molecule has 0 aliphatic heterocycles. The SMILES string of the molecule is CC(c1nc2ccccc2s1)N(C)C(=O)/C=C/c1ccccc1OC(F)(F)F. The lowest BCUT2D eigenvalue weighted by Gasteiger charge is -2.21. The van der Waals surface area contributed by atoms with Crippen LogP contribution in [-0.4, -0.2) is 29.2 Å². The summed E-state index contributed by atoms with van der Waals surface area (Å²) in [6.07, 6.45) is -2.26. The minimum absolute atomic E-state index is 0.161. The van der Waals surface area contributed by atoms with Crippen molar-refractivity contribution in [3.63, 3.8) is 0 Å². The van der Waals surface area contributed by atoms with E-state index in [2.05, 4.69) is 9.72 Å². The Morgan fingerprint density at radius 2 is 1.86 bits per heavy atom. The molecule has 0 saturated carbocycles. The molecule has 0 spiro atoms. The molecule has 2 aromatic carbocycles. The summed E-state index contributed by atoms with van der Waals surface area (Å²) >= 11 is 1.50. The average Bonchev–Trinajstić information content (AvgIpc) is 3.09. The van der Waals surface area contributed by atoms with Crippen LogP contribution in [-0.2, 0) is 4.79 Å². The van der Waals surface area contributed by atoms with Gasteiger partial charge in [0.1, 0.15) is 10.8 Å². The number of nitrogens with zero attached hydrogens (tertiary/aromatic N) is 2. The second-order valence-electron chi connectivity index (χ2n) is 6.06. The van der Waals surface area contributed by atoms with Crippen LogP contribution in [0.3, 0.4) is 0 Å². The molecule has 3 aromatic rings. The van der Waals surface area contributed by atoms with E-state index in [1.807, 2.05) is 31.2 Å². The molecule has 1 atom stereocenters. The van der Waals surface area contributed by atoms with Crippen molar-refractivity contribution < 1.29 is 22.7 Å². The van der Waals surface area contributed by atoms with Gasteiger partial charge in [-0.05, 0) is 31.2 Å². The second-order valence-corrected chi connectivity index (χ2v) is 7.13. The number of amides is 1. The van der Waals surface area contributed by atoms with Gasteiger partial charge in [-0.25, -0.2) is 4.98 Å². The molecule has 28 heavy (non-hydrogen) atoms. The molecule has 1 amide bonds. The highest BCUT2D eigenvalue weighted by Crippen LogP contribution is 2.30. The molecule has 0 fully saturated rings. The van der Waals surface area contributed by atoms with Gasteiger partial charge in [-0.2, -0.15) is 0 Å². The summed E-state index contributed by atoms with van der Waals surface area (Å²) < 4.78 is 42.5. The molecule has 146 valence electrons. The number of aromatic nitrogens is 1. The summed E-state index contributed by atoms with van der Waals surface area (Å²) in [5.41, 5.74) is 1.03. The Kier molecular flexibility index (Phi) is 5.69. The number of fused-ring (bicyclic) bond motifs is 1. The van der Waals surface area contributed by atoms with Gasteiger partial charge in [0.2, 0.25) is 5.91 Å². The normalized spacial score (nSPS) is 13.0. The fourth-order valence-electron chi connectivity index (χ4n) is 2.54. The van der Waals surface area contributed by atoms with Crippen molar-refractivity contribution in [1.29, 1.82) is 0 Å². The van der Waals surface area contributed by atoms with Gasteiger partial charge in [0, 0.05) is 18.7 Å².